The van der Waals surface area contributed by atoms with Gasteiger partial charge in [0.2, 0.25) is 5.89 Å². The van der Waals surface area contributed by atoms with Gasteiger partial charge in [-0.25, -0.2) is 4.98 Å². The van der Waals surface area contributed by atoms with Crippen molar-refractivity contribution < 1.29 is 27.6 Å². The summed E-state index contributed by atoms with van der Waals surface area (Å²) in [7, 11) is 0. The van der Waals surface area contributed by atoms with Crippen LogP contribution in [-0.4, -0.2) is 32.7 Å². The molecule has 10 heteroatoms. The van der Waals surface area contributed by atoms with Gasteiger partial charge in [-0.1, -0.05) is 29.4 Å². The highest BCUT2D eigenvalue weighted by Crippen LogP contribution is 2.33. The van der Waals surface area contributed by atoms with Gasteiger partial charge in [-0.05, 0) is 48.9 Å². The Labute approximate surface area is 194 Å². The summed E-state index contributed by atoms with van der Waals surface area (Å²) >= 11 is 0. The molecule has 1 aromatic carbocycles. The maximum Gasteiger partial charge on any atom is 0.416 e. The van der Waals surface area contributed by atoms with E-state index in [4.69, 9.17) is 4.52 Å². The molecule has 180 valence electrons. The molecule has 0 saturated heterocycles. The lowest BCUT2D eigenvalue weighted by Crippen LogP contribution is -2.14. The van der Waals surface area contributed by atoms with Crippen molar-refractivity contribution in [3.05, 3.63) is 70.5 Å². The van der Waals surface area contributed by atoms with Crippen molar-refractivity contribution in [2.75, 3.05) is 11.9 Å². The number of aliphatic carboxylic acids is 1. The number of aromatic nitrogens is 3. The van der Waals surface area contributed by atoms with E-state index in [1.54, 1.807) is 0 Å². The number of nitrogens with zero attached hydrogens (tertiary/aromatic N) is 3. The van der Waals surface area contributed by atoms with Gasteiger partial charge in [-0.15, -0.1) is 0 Å². The summed E-state index contributed by atoms with van der Waals surface area (Å²) in [4.78, 5) is 20.3. The Morgan fingerprint density at radius 2 is 2.03 bits per heavy atom. The topological polar surface area (TPSA) is 101 Å². The number of benzene rings is 1. The van der Waals surface area contributed by atoms with Gasteiger partial charge >= 0.3 is 12.1 Å². The Morgan fingerprint density at radius 3 is 2.82 bits per heavy atom. The zero-order chi connectivity index (χ0) is 24.1. The number of aryl methyl sites for hydroxylation is 3. The summed E-state index contributed by atoms with van der Waals surface area (Å²) in [5.74, 6) is -0.210. The van der Waals surface area contributed by atoms with Gasteiger partial charge in [0.15, 0.2) is 5.82 Å². The Kier molecular flexibility index (Phi) is 7.14. The third kappa shape index (κ3) is 6.12. The number of carboxylic acids is 1. The molecule has 0 spiro atoms. The summed E-state index contributed by atoms with van der Waals surface area (Å²) in [6, 6.07) is 8.83. The smallest absolute Gasteiger partial charge is 0.416 e. The average Bonchev–Trinajstić information content (AvgIpc) is 3.25. The molecule has 0 radical (unpaired) electrons. The molecule has 34 heavy (non-hydrogen) atoms. The monoisotopic (exact) mass is 474 g/mol. The average molecular weight is 474 g/mol. The highest BCUT2D eigenvalue weighted by Gasteiger charge is 2.31. The second kappa shape index (κ2) is 10.2. The molecule has 3 heterocycles. The number of carboxylic acid groups (broad SMARTS) is 1. The molecule has 4 rings (SSSR count). The number of pyridine rings is 1. The third-order valence-corrected chi connectivity index (χ3v) is 5.82. The molecule has 1 aliphatic heterocycles. The Hall–Kier alpha value is -3.43. The van der Waals surface area contributed by atoms with Gasteiger partial charge in [-0.2, -0.15) is 18.2 Å². The van der Waals surface area contributed by atoms with Crippen LogP contribution < -0.4 is 5.32 Å². The summed E-state index contributed by atoms with van der Waals surface area (Å²) < 4.78 is 44.5. The van der Waals surface area contributed by atoms with E-state index in [0.717, 1.165) is 55.9 Å². The molecule has 0 aliphatic carbocycles. The molecule has 1 unspecified atom stereocenters. The van der Waals surface area contributed by atoms with Crippen molar-refractivity contribution in [3.63, 3.8) is 0 Å². The van der Waals surface area contributed by atoms with Crippen LogP contribution in [0.2, 0.25) is 0 Å². The first-order chi connectivity index (χ1) is 16.3. The summed E-state index contributed by atoms with van der Waals surface area (Å²) in [6.07, 6.45) is -0.648. The number of carbonyl (C=O) groups is 1. The lowest BCUT2D eigenvalue weighted by Gasteiger charge is -2.17. The van der Waals surface area contributed by atoms with E-state index in [1.165, 1.54) is 17.7 Å². The quantitative estimate of drug-likeness (QED) is 0.459. The number of halogens is 3. The fraction of sp³-hybridized carbons (Fsp3) is 0.417. The Morgan fingerprint density at radius 1 is 1.18 bits per heavy atom. The Bertz CT molecular complexity index is 1150. The second-order valence-corrected chi connectivity index (χ2v) is 8.42. The van der Waals surface area contributed by atoms with Crippen molar-refractivity contribution >= 4 is 11.8 Å². The number of hydrogen-bond donors (Lipinski definition) is 2. The number of anilines is 1. The minimum Gasteiger partial charge on any atom is -0.481 e. The van der Waals surface area contributed by atoms with Gasteiger partial charge in [0.25, 0.3) is 0 Å². The van der Waals surface area contributed by atoms with Gasteiger partial charge in [0, 0.05) is 31.0 Å². The van der Waals surface area contributed by atoms with Crippen LogP contribution in [0.4, 0.5) is 19.0 Å². The van der Waals surface area contributed by atoms with Crippen LogP contribution in [0.3, 0.4) is 0 Å². The lowest BCUT2D eigenvalue weighted by molar-refractivity contribution is -0.138. The molecule has 2 N–H and O–H groups in total. The minimum absolute atomic E-state index is 0.0403. The highest BCUT2D eigenvalue weighted by atomic mass is 19.4. The predicted octanol–water partition coefficient (Wildman–Crippen LogP) is 4.82. The maximum atomic E-state index is 13.1. The molecule has 1 aliphatic rings. The van der Waals surface area contributed by atoms with Crippen LogP contribution in [0.1, 0.15) is 59.3 Å². The molecule has 2 aromatic heterocycles. The summed E-state index contributed by atoms with van der Waals surface area (Å²) in [5, 5.41) is 16.5. The van der Waals surface area contributed by atoms with E-state index in [-0.39, 0.29) is 24.3 Å². The van der Waals surface area contributed by atoms with Gasteiger partial charge < -0.3 is 14.9 Å². The van der Waals surface area contributed by atoms with Crippen LogP contribution in [0.5, 0.6) is 0 Å². The predicted molar refractivity (Wildman–Crippen MR) is 118 cm³/mol. The first-order valence-electron chi connectivity index (χ1n) is 11.2. The van der Waals surface area contributed by atoms with Crippen LogP contribution in [0.25, 0.3) is 0 Å². The molecule has 0 amide bonds. The standard InChI is InChI=1S/C24H25F3N4O3/c25-24(26,27)18-6-1-4-16(12-18)17(14-22(32)33)13-21-30-20(31-34-21)8-2-7-19-10-9-15-5-3-11-28-23(15)29-19/h1,4,6,9-10,12,17H,2-3,5,7-8,11,13-14H2,(H,28,29)(H,32,33). The number of alkyl halides is 3. The highest BCUT2D eigenvalue weighted by molar-refractivity contribution is 5.68. The second-order valence-electron chi connectivity index (χ2n) is 8.42. The molecule has 0 bridgehead atoms. The van der Waals surface area contributed by atoms with E-state index in [2.05, 4.69) is 26.5 Å². The van der Waals surface area contributed by atoms with Gasteiger partial charge in [0.1, 0.15) is 5.82 Å². The summed E-state index contributed by atoms with van der Waals surface area (Å²) in [6.45, 7) is 0.929. The molecular formula is C24H25F3N4O3. The van der Waals surface area contributed by atoms with Crippen molar-refractivity contribution in [2.45, 2.75) is 57.0 Å². The molecule has 7 nitrogen and oxygen atoms in total. The van der Waals surface area contributed by atoms with E-state index in [1.807, 2.05) is 6.07 Å². The first kappa shape index (κ1) is 23.7. The van der Waals surface area contributed by atoms with E-state index in [0.29, 0.717) is 12.2 Å². The SMILES string of the molecule is O=C(O)CC(Cc1nc(CCCc2ccc3c(n2)NCCC3)no1)c1cccc(C(F)(F)F)c1. The molecule has 3 aromatic rings. The molecular weight excluding hydrogens is 449 g/mol. The first-order valence-corrected chi connectivity index (χ1v) is 11.2. The minimum atomic E-state index is -4.51. The van der Waals surface area contributed by atoms with Crippen molar-refractivity contribution in [2.24, 2.45) is 0 Å². The zero-order valence-electron chi connectivity index (χ0n) is 18.4. The van der Waals surface area contributed by atoms with Gasteiger partial charge in [-0.3, -0.25) is 4.79 Å². The third-order valence-electron chi connectivity index (χ3n) is 5.82. The zero-order valence-corrected chi connectivity index (χ0v) is 18.4. The fourth-order valence-electron chi connectivity index (χ4n) is 4.11. The largest absolute Gasteiger partial charge is 0.481 e. The molecule has 0 saturated carbocycles. The number of hydrogen-bond acceptors (Lipinski definition) is 6. The number of fused-ring (bicyclic) bond motifs is 1. The van der Waals surface area contributed by atoms with E-state index < -0.39 is 23.6 Å². The number of nitrogens with one attached hydrogen (secondary N) is 1. The molecule has 1 atom stereocenters. The van der Waals surface area contributed by atoms with Crippen LogP contribution >= 0.6 is 0 Å². The van der Waals surface area contributed by atoms with Gasteiger partial charge in [0.05, 0.1) is 12.0 Å². The molecule has 0 fully saturated rings. The van der Waals surface area contributed by atoms with E-state index >= 15 is 0 Å². The normalized spacial score (nSPS) is 14.3. The van der Waals surface area contributed by atoms with Crippen molar-refractivity contribution in [1.29, 1.82) is 0 Å². The van der Waals surface area contributed by atoms with Crippen LogP contribution in [0.15, 0.2) is 40.9 Å². The van der Waals surface area contributed by atoms with Crippen LogP contribution in [0, 0.1) is 0 Å². The Balaban J connectivity index is 1.38. The van der Waals surface area contributed by atoms with E-state index in [9.17, 15) is 23.1 Å². The maximum absolute atomic E-state index is 13.1. The number of rotatable bonds is 9. The van der Waals surface area contributed by atoms with Crippen molar-refractivity contribution in [3.8, 4) is 0 Å². The van der Waals surface area contributed by atoms with Crippen LogP contribution in [-0.2, 0) is 36.7 Å². The fourth-order valence-corrected chi connectivity index (χ4v) is 4.11. The lowest BCUT2D eigenvalue weighted by atomic mass is 9.91. The summed E-state index contributed by atoms with van der Waals surface area (Å²) in [5.41, 5.74) is 1.65. The van der Waals surface area contributed by atoms with Crippen molar-refractivity contribution in [1.82, 2.24) is 15.1 Å².